The Morgan fingerprint density at radius 2 is 1.90 bits per heavy atom. The van der Waals surface area contributed by atoms with E-state index in [1.54, 1.807) is 13.8 Å². The number of benzene rings is 1. The highest BCUT2D eigenvalue weighted by Gasteiger charge is 2.58. The van der Waals surface area contributed by atoms with E-state index in [1.165, 1.54) is 24.3 Å². The summed E-state index contributed by atoms with van der Waals surface area (Å²) >= 11 is 12.0. The minimum Gasteiger partial charge on any atom is -0.345 e. The van der Waals surface area contributed by atoms with Gasteiger partial charge in [-0.3, -0.25) is 4.79 Å². The van der Waals surface area contributed by atoms with Crippen molar-refractivity contribution in [2.75, 3.05) is 0 Å². The maximum atomic E-state index is 14.5. The van der Waals surface area contributed by atoms with Crippen molar-refractivity contribution in [2.45, 2.75) is 51.5 Å². The van der Waals surface area contributed by atoms with Crippen LogP contribution in [-0.4, -0.2) is 11.2 Å². The van der Waals surface area contributed by atoms with Crippen LogP contribution >= 0.6 is 23.2 Å². The van der Waals surface area contributed by atoms with E-state index >= 15 is 0 Å². The first-order valence-corrected chi connectivity index (χ1v) is 10.2. The molecule has 0 spiro atoms. The van der Waals surface area contributed by atoms with E-state index in [4.69, 9.17) is 27.9 Å². The average Bonchev–Trinajstić information content (AvgIpc) is 3.47. The van der Waals surface area contributed by atoms with Gasteiger partial charge in [0.05, 0.1) is 12.2 Å². The Kier molecular flexibility index (Phi) is 6.57. The van der Waals surface area contributed by atoms with Gasteiger partial charge in [-0.2, -0.15) is 13.2 Å². The Hall–Kier alpha value is -1.94. The second-order valence-corrected chi connectivity index (χ2v) is 8.11. The van der Waals surface area contributed by atoms with Crippen molar-refractivity contribution in [1.29, 1.82) is 0 Å². The number of aromatic amines is 1. The van der Waals surface area contributed by atoms with E-state index < -0.39 is 29.5 Å². The zero-order valence-electron chi connectivity index (χ0n) is 16.4. The topological polar surface area (TPSA) is 42.1 Å². The van der Waals surface area contributed by atoms with Gasteiger partial charge in [-0.1, -0.05) is 48.0 Å². The van der Waals surface area contributed by atoms with Crippen LogP contribution in [-0.2, 0) is 23.4 Å². The molecule has 0 radical (unpaired) electrons. The number of pyridine rings is 1. The van der Waals surface area contributed by atoms with E-state index in [1.807, 2.05) is 0 Å². The Morgan fingerprint density at radius 3 is 2.47 bits per heavy atom. The number of ether oxygens (including phenoxy) is 1. The van der Waals surface area contributed by atoms with E-state index in [2.05, 4.69) is 16.8 Å². The SMILES string of the molecule is CCc1cc(C(C#CC2CC2)(OCc2ccc(Cl)cc2Cl)C(F)(F)F)c(=O)[nH]c1C. The Balaban J connectivity index is 2.15. The average molecular weight is 458 g/mol. The number of H-pyrrole nitrogens is 1. The molecule has 3 rings (SSSR count). The molecular formula is C22H20Cl2F3NO2. The molecule has 1 fully saturated rings. The van der Waals surface area contributed by atoms with Gasteiger partial charge in [0.15, 0.2) is 0 Å². The van der Waals surface area contributed by atoms with Gasteiger partial charge >= 0.3 is 6.18 Å². The lowest BCUT2D eigenvalue weighted by atomic mass is 9.91. The molecule has 160 valence electrons. The van der Waals surface area contributed by atoms with Gasteiger partial charge in [0.1, 0.15) is 0 Å². The number of aromatic nitrogens is 1. The molecule has 1 N–H and O–H groups in total. The Labute approximate surface area is 182 Å². The number of nitrogens with one attached hydrogen (secondary N) is 1. The molecule has 8 heteroatoms. The zero-order valence-corrected chi connectivity index (χ0v) is 17.9. The van der Waals surface area contributed by atoms with Gasteiger partial charge in [-0.25, -0.2) is 0 Å². The van der Waals surface area contributed by atoms with Crippen molar-refractivity contribution in [3.8, 4) is 11.8 Å². The second kappa shape index (κ2) is 8.66. The van der Waals surface area contributed by atoms with Crippen LogP contribution in [0.4, 0.5) is 13.2 Å². The van der Waals surface area contributed by atoms with Crippen molar-refractivity contribution in [1.82, 2.24) is 4.98 Å². The predicted octanol–water partition coefficient (Wildman–Crippen LogP) is 5.94. The lowest BCUT2D eigenvalue weighted by molar-refractivity contribution is -0.263. The van der Waals surface area contributed by atoms with E-state index in [0.29, 0.717) is 28.3 Å². The molecule has 0 bridgehead atoms. The highest BCUT2D eigenvalue weighted by Crippen LogP contribution is 2.43. The van der Waals surface area contributed by atoms with Crippen molar-refractivity contribution >= 4 is 23.2 Å². The highest BCUT2D eigenvalue weighted by atomic mass is 35.5. The molecule has 0 aliphatic heterocycles. The molecule has 1 heterocycles. The first kappa shape index (κ1) is 22.7. The van der Waals surface area contributed by atoms with Gasteiger partial charge in [-0.15, -0.1) is 0 Å². The summed E-state index contributed by atoms with van der Waals surface area (Å²) < 4.78 is 48.9. The molecule has 30 heavy (non-hydrogen) atoms. The maximum Gasteiger partial charge on any atom is 0.433 e. The molecule has 3 nitrogen and oxygen atoms in total. The van der Waals surface area contributed by atoms with E-state index in [-0.39, 0.29) is 10.9 Å². The van der Waals surface area contributed by atoms with Gasteiger partial charge < -0.3 is 9.72 Å². The normalized spacial score (nSPS) is 16.0. The number of hydrogen-bond acceptors (Lipinski definition) is 2. The molecule has 2 aromatic rings. The van der Waals surface area contributed by atoms with Crippen LogP contribution in [0.3, 0.4) is 0 Å². The van der Waals surface area contributed by atoms with Crippen LogP contribution in [0.15, 0.2) is 29.1 Å². The number of rotatable bonds is 5. The minimum atomic E-state index is -4.96. The van der Waals surface area contributed by atoms with Gasteiger partial charge in [-0.05, 0) is 55.5 Å². The Morgan fingerprint density at radius 1 is 1.20 bits per heavy atom. The second-order valence-electron chi connectivity index (χ2n) is 7.26. The van der Waals surface area contributed by atoms with Gasteiger partial charge in [0.2, 0.25) is 0 Å². The summed E-state index contributed by atoms with van der Waals surface area (Å²) in [4.78, 5) is 15.1. The molecule has 1 aromatic heterocycles. The summed E-state index contributed by atoms with van der Waals surface area (Å²) in [5, 5.41) is 0.516. The maximum absolute atomic E-state index is 14.5. The summed E-state index contributed by atoms with van der Waals surface area (Å²) in [7, 11) is 0. The molecule has 1 aliphatic rings. The first-order valence-electron chi connectivity index (χ1n) is 9.48. The molecule has 0 saturated heterocycles. The lowest BCUT2D eigenvalue weighted by Crippen LogP contribution is -2.47. The quantitative estimate of drug-likeness (QED) is 0.564. The summed E-state index contributed by atoms with van der Waals surface area (Å²) in [6.07, 6.45) is -3.05. The van der Waals surface area contributed by atoms with Crippen LogP contribution in [0.25, 0.3) is 0 Å². The fraction of sp³-hybridized carbons (Fsp3) is 0.409. The van der Waals surface area contributed by atoms with Crippen LogP contribution in [0.5, 0.6) is 0 Å². The lowest BCUT2D eigenvalue weighted by Gasteiger charge is -2.31. The van der Waals surface area contributed by atoms with Crippen molar-refractivity contribution in [3.05, 3.63) is 67.0 Å². The molecule has 1 unspecified atom stereocenters. The third-order valence-electron chi connectivity index (χ3n) is 4.99. The van der Waals surface area contributed by atoms with Crippen LogP contribution in [0.1, 0.15) is 42.1 Å². The fourth-order valence-electron chi connectivity index (χ4n) is 3.04. The standard InChI is InChI=1S/C22H20Cl2F3NO2/c1-3-15-10-18(20(29)28-13(15)2)21(22(25,26)27,9-8-14-4-5-14)30-12-16-6-7-17(23)11-19(16)24/h6-7,10-11,14H,3-5,12H2,1-2H3,(H,28,29). The van der Waals surface area contributed by atoms with Crippen molar-refractivity contribution in [3.63, 3.8) is 0 Å². The van der Waals surface area contributed by atoms with E-state index in [0.717, 1.165) is 12.8 Å². The minimum absolute atomic E-state index is 0.121. The monoisotopic (exact) mass is 457 g/mol. The van der Waals surface area contributed by atoms with Crippen LogP contribution in [0.2, 0.25) is 10.0 Å². The molecule has 0 amide bonds. The smallest absolute Gasteiger partial charge is 0.345 e. The molecule has 1 atom stereocenters. The number of halogens is 5. The zero-order chi connectivity index (χ0) is 22.1. The number of aryl methyl sites for hydroxylation is 2. The van der Waals surface area contributed by atoms with Crippen LogP contribution < -0.4 is 5.56 Å². The largest absolute Gasteiger partial charge is 0.433 e. The summed E-state index contributed by atoms with van der Waals surface area (Å²) in [5.41, 5.74) is -3.13. The number of hydrogen-bond donors (Lipinski definition) is 1. The molecule has 1 aliphatic carbocycles. The fourth-order valence-corrected chi connectivity index (χ4v) is 3.50. The molecule has 1 saturated carbocycles. The summed E-state index contributed by atoms with van der Waals surface area (Å²) in [5.74, 6) is 4.80. The first-order chi connectivity index (χ1) is 14.1. The Bertz CT molecular complexity index is 1060. The van der Waals surface area contributed by atoms with Gasteiger partial charge in [0, 0.05) is 21.7 Å². The third-order valence-corrected chi connectivity index (χ3v) is 5.58. The van der Waals surface area contributed by atoms with E-state index in [9.17, 15) is 18.0 Å². The van der Waals surface area contributed by atoms with Gasteiger partial charge in [0.25, 0.3) is 11.2 Å². The van der Waals surface area contributed by atoms with Crippen molar-refractivity contribution < 1.29 is 17.9 Å². The van der Waals surface area contributed by atoms with Crippen LogP contribution in [0, 0.1) is 24.7 Å². The molecule has 1 aromatic carbocycles. The highest BCUT2D eigenvalue weighted by molar-refractivity contribution is 6.35. The molecular weight excluding hydrogens is 438 g/mol. The van der Waals surface area contributed by atoms with Crippen molar-refractivity contribution in [2.24, 2.45) is 5.92 Å². The predicted molar refractivity (Wildman–Crippen MR) is 111 cm³/mol. The summed E-state index contributed by atoms with van der Waals surface area (Å²) in [6, 6.07) is 5.65. The number of alkyl halides is 3. The summed E-state index contributed by atoms with van der Waals surface area (Å²) in [6.45, 7) is 2.94. The third kappa shape index (κ3) is 4.69.